The summed E-state index contributed by atoms with van der Waals surface area (Å²) in [6, 6.07) is 12.6. The van der Waals surface area contributed by atoms with E-state index < -0.39 is 21.4 Å². The Labute approximate surface area is 185 Å². The SMILES string of the molecule is C[C@](Cc1ccc([N+](=O)[O-])cc1)(C(=O)O)N1CCN(CCc2ccc([N+](=O)[O-])cc2)CC1. The average molecular weight is 442 g/mol. The van der Waals surface area contributed by atoms with E-state index >= 15 is 0 Å². The fourth-order valence-electron chi connectivity index (χ4n) is 3.99. The maximum atomic E-state index is 12.2. The second kappa shape index (κ2) is 9.84. The van der Waals surface area contributed by atoms with Crippen LogP contribution >= 0.6 is 0 Å². The molecular formula is C22H26N4O6. The molecule has 10 heteroatoms. The zero-order valence-electron chi connectivity index (χ0n) is 17.8. The molecule has 0 amide bonds. The Bertz CT molecular complexity index is 971. The van der Waals surface area contributed by atoms with Crippen molar-refractivity contribution in [1.29, 1.82) is 0 Å². The van der Waals surface area contributed by atoms with Crippen LogP contribution < -0.4 is 0 Å². The van der Waals surface area contributed by atoms with Crippen LogP contribution in [0.4, 0.5) is 11.4 Å². The van der Waals surface area contributed by atoms with Crippen LogP contribution in [0.1, 0.15) is 18.1 Å². The number of nitro groups is 2. The molecule has 3 rings (SSSR count). The summed E-state index contributed by atoms with van der Waals surface area (Å²) < 4.78 is 0. The van der Waals surface area contributed by atoms with E-state index in [0.717, 1.165) is 37.2 Å². The Morgan fingerprint density at radius 2 is 1.38 bits per heavy atom. The first-order chi connectivity index (χ1) is 15.2. The van der Waals surface area contributed by atoms with Crippen LogP contribution in [0, 0.1) is 20.2 Å². The molecule has 170 valence electrons. The van der Waals surface area contributed by atoms with Crippen molar-refractivity contribution in [2.45, 2.75) is 25.3 Å². The van der Waals surface area contributed by atoms with Gasteiger partial charge in [0.2, 0.25) is 0 Å². The molecule has 0 unspecified atom stereocenters. The molecule has 1 fully saturated rings. The molecule has 0 bridgehead atoms. The number of carbonyl (C=O) groups is 1. The Hall–Kier alpha value is -3.37. The maximum Gasteiger partial charge on any atom is 0.324 e. The van der Waals surface area contributed by atoms with Gasteiger partial charge >= 0.3 is 5.97 Å². The maximum absolute atomic E-state index is 12.2. The van der Waals surface area contributed by atoms with Gasteiger partial charge in [-0.1, -0.05) is 24.3 Å². The first-order valence-corrected chi connectivity index (χ1v) is 10.4. The van der Waals surface area contributed by atoms with Crippen LogP contribution in [0.2, 0.25) is 0 Å². The third kappa shape index (κ3) is 5.45. The molecule has 2 aromatic carbocycles. The monoisotopic (exact) mass is 442 g/mol. The minimum atomic E-state index is -1.11. The Kier molecular flexibility index (Phi) is 7.16. The highest BCUT2D eigenvalue weighted by molar-refractivity contribution is 5.78. The fourth-order valence-corrected chi connectivity index (χ4v) is 3.99. The number of nitrogens with zero attached hydrogens (tertiary/aromatic N) is 4. The molecule has 1 atom stereocenters. The minimum Gasteiger partial charge on any atom is -0.480 e. The first kappa shape index (κ1) is 23.3. The molecule has 0 aromatic heterocycles. The van der Waals surface area contributed by atoms with Crippen molar-refractivity contribution >= 4 is 17.3 Å². The number of carboxylic acids is 1. The lowest BCUT2D eigenvalue weighted by atomic mass is 9.90. The molecule has 2 aromatic rings. The highest BCUT2D eigenvalue weighted by Gasteiger charge is 2.41. The molecule has 10 nitrogen and oxygen atoms in total. The van der Waals surface area contributed by atoms with Gasteiger partial charge in [0.25, 0.3) is 11.4 Å². The number of non-ortho nitro benzene ring substituents is 2. The number of rotatable bonds is 9. The van der Waals surface area contributed by atoms with Crippen LogP contribution in [-0.4, -0.2) is 69.0 Å². The van der Waals surface area contributed by atoms with Crippen LogP contribution in [0.5, 0.6) is 0 Å². The number of hydrogen-bond donors (Lipinski definition) is 1. The molecule has 0 aliphatic carbocycles. The summed E-state index contributed by atoms with van der Waals surface area (Å²) in [5, 5.41) is 31.6. The lowest BCUT2D eigenvalue weighted by Gasteiger charge is -2.43. The Balaban J connectivity index is 1.56. The number of hydrogen-bond acceptors (Lipinski definition) is 7. The lowest BCUT2D eigenvalue weighted by Crippen LogP contribution is -2.60. The summed E-state index contributed by atoms with van der Waals surface area (Å²) in [4.78, 5) is 37.1. The van der Waals surface area contributed by atoms with Crippen LogP contribution in [0.25, 0.3) is 0 Å². The predicted molar refractivity (Wildman–Crippen MR) is 118 cm³/mol. The van der Waals surface area contributed by atoms with Gasteiger partial charge in [-0.3, -0.25) is 29.9 Å². The van der Waals surface area contributed by atoms with Gasteiger partial charge in [0.1, 0.15) is 5.54 Å². The largest absolute Gasteiger partial charge is 0.480 e. The lowest BCUT2D eigenvalue weighted by molar-refractivity contribution is -0.385. The van der Waals surface area contributed by atoms with Crippen molar-refractivity contribution in [3.8, 4) is 0 Å². The zero-order chi connectivity index (χ0) is 23.3. The van der Waals surface area contributed by atoms with E-state index in [9.17, 15) is 30.1 Å². The van der Waals surface area contributed by atoms with E-state index in [1.54, 1.807) is 31.2 Å². The van der Waals surface area contributed by atoms with E-state index in [4.69, 9.17) is 0 Å². The van der Waals surface area contributed by atoms with Gasteiger partial charge in [-0.2, -0.15) is 0 Å². The van der Waals surface area contributed by atoms with Crippen molar-refractivity contribution < 1.29 is 19.7 Å². The topological polar surface area (TPSA) is 130 Å². The van der Waals surface area contributed by atoms with E-state index in [1.807, 2.05) is 4.90 Å². The summed E-state index contributed by atoms with van der Waals surface area (Å²) >= 11 is 0. The second-order valence-corrected chi connectivity index (χ2v) is 8.18. The van der Waals surface area contributed by atoms with E-state index in [2.05, 4.69) is 4.90 Å². The van der Waals surface area contributed by atoms with Crippen molar-refractivity contribution in [2.75, 3.05) is 32.7 Å². The molecule has 1 aliphatic heterocycles. The fraction of sp³-hybridized carbons (Fsp3) is 0.409. The average Bonchev–Trinajstić information content (AvgIpc) is 2.78. The van der Waals surface area contributed by atoms with Crippen LogP contribution in [0.3, 0.4) is 0 Å². The quantitative estimate of drug-likeness (QED) is 0.463. The highest BCUT2D eigenvalue weighted by atomic mass is 16.6. The summed E-state index contributed by atoms with van der Waals surface area (Å²) in [6.07, 6.45) is 1.01. The predicted octanol–water partition coefficient (Wildman–Crippen LogP) is 2.75. The minimum absolute atomic E-state index is 0.0209. The molecule has 0 radical (unpaired) electrons. The molecule has 1 saturated heterocycles. The van der Waals surface area contributed by atoms with Crippen molar-refractivity contribution in [3.63, 3.8) is 0 Å². The molecular weight excluding hydrogens is 416 g/mol. The zero-order valence-corrected chi connectivity index (χ0v) is 17.8. The third-order valence-electron chi connectivity index (χ3n) is 6.09. The van der Waals surface area contributed by atoms with Crippen molar-refractivity contribution in [3.05, 3.63) is 79.9 Å². The summed E-state index contributed by atoms with van der Waals surface area (Å²) in [6.45, 7) is 5.11. The second-order valence-electron chi connectivity index (χ2n) is 8.18. The summed E-state index contributed by atoms with van der Waals surface area (Å²) in [5.74, 6) is -0.921. The number of carboxylic acid groups (broad SMARTS) is 1. The molecule has 1 N–H and O–H groups in total. The molecule has 32 heavy (non-hydrogen) atoms. The molecule has 1 aliphatic rings. The van der Waals surface area contributed by atoms with Gasteiger partial charge < -0.3 is 10.0 Å². The Morgan fingerprint density at radius 1 is 0.906 bits per heavy atom. The summed E-state index contributed by atoms with van der Waals surface area (Å²) in [7, 11) is 0. The molecule has 1 heterocycles. The molecule has 0 saturated carbocycles. The van der Waals surface area contributed by atoms with E-state index in [-0.39, 0.29) is 17.8 Å². The van der Waals surface area contributed by atoms with Crippen molar-refractivity contribution in [2.24, 2.45) is 0 Å². The van der Waals surface area contributed by atoms with E-state index in [0.29, 0.717) is 13.1 Å². The van der Waals surface area contributed by atoms with Gasteiger partial charge in [-0.15, -0.1) is 0 Å². The first-order valence-electron chi connectivity index (χ1n) is 10.4. The van der Waals surface area contributed by atoms with Crippen molar-refractivity contribution in [1.82, 2.24) is 9.80 Å². The Morgan fingerprint density at radius 3 is 1.81 bits per heavy atom. The number of nitro benzene ring substituents is 2. The number of aliphatic carboxylic acids is 1. The van der Waals surface area contributed by atoms with Gasteiger partial charge in [-0.05, 0) is 24.5 Å². The van der Waals surface area contributed by atoms with Crippen LogP contribution in [0.15, 0.2) is 48.5 Å². The normalized spacial score (nSPS) is 16.9. The number of benzene rings is 2. The third-order valence-corrected chi connectivity index (χ3v) is 6.09. The molecule has 0 spiro atoms. The smallest absolute Gasteiger partial charge is 0.324 e. The number of piperazine rings is 1. The standard InChI is InChI=1S/C22H26N4O6/c1-22(21(27)28,16-18-4-8-20(9-5-18)26(31)32)24-14-12-23(13-15-24)11-10-17-2-6-19(7-3-17)25(29)30/h2-9H,10-16H2,1H3,(H,27,28)/t22-/m0/s1. The van der Waals surface area contributed by atoms with Crippen LogP contribution in [-0.2, 0) is 17.6 Å². The summed E-state index contributed by atoms with van der Waals surface area (Å²) in [5.41, 5.74) is 0.698. The van der Waals surface area contributed by atoms with E-state index in [1.165, 1.54) is 24.3 Å². The highest BCUT2D eigenvalue weighted by Crippen LogP contribution is 2.25. The van der Waals surface area contributed by atoms with Gasteiger partial charge in [0.05, 0.1) is 9.85 Å². The van der Waals surface area contributed by atoms with Gasteiger partial charge in [-0.25, -0.2) is 0 Å². The van der Waals surface area contributed by atoms with Gasteiger partial charge in [0.15, 0.2) is 0 Å². The van der Waals surface area contributed by atoms with Gasteiger partial charge in [0, 0.05) is 63.4 Å².